The van der Waals surface area contributed by atoms with Crippen molar-refractivity contribution in [3.63, 3.8) is 0 Å². The van der Waals surface area contributed by atoms with Gasteiger partial charge in [-0.25, -0.2) is 9.78 Å². The lowest BCUT2D eigenvalue weighted by atomic mass is 9.98. The van der Waals surface area contributed by atoms with E-state index in [-0.39, 0.29) is 17.6 Å². The highest BCUT2D eigenvalue weighted by molar-refractivity contribution is 7.20. The Morgan fingerprint density at radius 1 is 1.21 bits per heavy atom. The number of amides is 1. The first-order chi connectivity index (χ1) is 15.8. The van der Waals surface area contributed by atoms with E-state index in [0.29, 0.717) is 31.4 Å². The molecule has 1 N–H and O–H groups in total. The molecular formula is C24H26ClN3O4S. The number of nitrogens with one attached hydrogen (secondary N) is 1. The van der Waals surface area contributed by atoms with Gasteiger partial charge in [-0.2, -0.15) is 0 Å². The van der Waals surface area contributed by atoms with Crippen LogP contribution in [0, 0.1) is 13.8 Å². The highest BCUT2D eigenvalue weighted by atomic mass is 35.5. The molecule has 1 aliphatic rings. The molecule has 0 bridgehead atoms. The fraction of sp³-hybridized carbons (Fsp3) is 0.417. The number of hydrogen-bond donors (Lipinski definition) is 1. The van der Waals surface area contributed by atoms with Gasteiger partial charge in [0.1, 0.15) is 21.9 Å². The molecule has 1 unspecified atom stereocenters. The number of esters is 1. The largest absolute Gasteiger partial charge is 0.458 e. The van der Waals surface area contributed by atoms with Crippen molar-refractivity contribution in [2.24, 2.45) is 0 Å². The van der Waals surface area contributed by atoms with Crippen molar-refractivity contribution in [1.29, 1.82) is 0 Å². The summed E-state index contributed by atoms with van der Waals surface area (Å²) in [5, 5.41) is 3.71. The molecule has 3 aromatic rings. The molecule has 0 radical (unpaired) electrons. The maximum absolute atomic E-state index is 13.3. The molecule has 1 atom stereocenters. The fourth-order valence-corrected chi connectivity index (χ4v) is 5.30. The molecule has 1 aliphatic carbocycles. The molecule has 7 nitrogen and oxygen atoms in total. The first kappa shape index (κ1) is 23.4. The molecule has 2 aromatic heterocycles. The van der Waals surface area contributed by atoms with Crippen LogP contribution in [0.15, 0.2) is 29.3 Å². The second-order valence-electron chi connectivity index (χ2n) is 8.44. The van der Waals surface area contributed by atoms with Crippen LogP contribution in [-0.2, 0) is 9.53 Å². The van der Waals surface area contributed by atoms with Gasteiger partial charge in [-0.05, 0) is 69.7 Å². The quantitative estimate of drug-likeness (QED) is 0.485. The van der Waals surface area contributed by atoms with Gasteiger partial charge >= 0.3 is 5.97 Å². The van der Waals surface area contributed by atoms with Gasteiger partial charge in [0.2, 0.25) is 5.91 Å². The van der Waals surface area contributed by atoms with Crippen molar-refractivity contribution in [3.8, 4) is 0 Å². The zero-order valence-electron chi connectivity index (χ0n) is 18.8. The van der Waals surface area contributed by atoms with Crippen molar-refractivity contribution in [2.45, 2.75) is 65.0 Å². The van der Waals surface area contributed by atoms with Crippen LogP contribution in [0.5, 0.6) is 0 Å². The van der Waals surface area contributed by atoms with E-state index in [9.17, 15) is 14.4 Å². The number of aromatic nitrogens is 2. The summed E-state index contributed by atoms with van der Waals surface area (Å²) in [6, 6.07) is 4.43. The molecule has 2 heterocycles. The summed E-state index contributed by atoms with van der Waals surface area (Å²) in [5.41, 5.74) is 1.51. The fourth-order valence-electron chi connectivity index (χ4n) is 4.10. The molecule has 0 saturated heterocycles. The maximum Gasteiger partial charge on any atom is 0.348 e. The number of anilines is 1. The minimum atomic E-state index is -0.815. The van der Waals surface area contributed by atoms with Crippen LogP contribution < -0.4 is 10.9 Å². The molecular weight excluding hydrogens is 462 g/mol. The van der Waals surface area contributed by atoms with Crippen molar-refractivity contribution in [2.75, 3.05) is 5.32 Å². The number of carbonyl (C=O) groups is 2. The molecule has 1 aromatic carbocycles. The minimum Gasteiger partial charge on any atom is -0.458 e. The van der Waals surface area contributed by atoms with E-state index in [0.717, 1.165) is 42.6 Å². The third-order valence-electron chi connectivity index (χ3n) is 6.21. The van der Waals surface area contributed by atoms with Gasteiger partial charge < -0.3 is 10.1 Å². The van der Waals surface area contributed by atoms with Gasteiger partial charge in [0.05, 0.1) is 11.7 Å². The molecule has 1 amide bonds. The van der Waals surface area contributed by atoms with Crippen LogP contribution in [0.1, 0.15) is 65.9 Å². The number of thiophene rings is 1. The Morgan fingerprint density at radius 3 is 2.67 bits per heavy atom. The molecule has 9 heteroatoms. The Kier molecular flexibility index (Phi) is 6.86. The number of carbonyl (C=O) groups excluding carboxylic acids is 2. The summed E-state index contributed by atoms with van der Waals surface area (Å²) < 4.78 is 6.98. The van der Waals surface area contributed by atoms with Crippen LogP contribution in [0.2, 0.25) is 5.02 Å². The lowest BCUT2D eigenvalue weighted by Crippen LogP contribution is -2.32. The number of rotatable bonds is 5. The molecule has 4 rings (SSSR count). The van der Waals surface area contributed by atoms with Crippen molar-refractivity contribution >= 4 is 50.7 Å². The van der Waals surface area contributed by atoms with E-state index in [1.165, 1.54) is 17.3 Å². The highest BCUT2D eigenvalue weighted by Gasteiger charge is 2.26. The number of nitrogens with zero attached hydrogens (tertiary/aromatic N) is 2. The van der Waals surface area contributed by atoms with E-state index >= 15 is 0 Å². The van der Waals surface area contributed by atoms with Crippen LogP contribution in [0.3, 0.4) is 0 Å². The van der Waals surface area contributed by atoms with E-state index in [1.807, 2.05) is 6.92 Å². The zero-order valence-corrected chi connectivity index (χ0v) is 20.4. The molecule has 1 saturated carbocycles. The first-order valence-corrected chi connectivity index (χ1v) is 12.2. The smallest absolute Gasteiger partial charge is 0.348 e. The van der Waals surface area contributed by atoms with Gasteiger partial charge in [-0.15, -0.1) is 11.3 Å². The molecule has 33 heavy (non-hydrogen) atoms. The van der Waals surface area contributed by atoms with Gasteiger partial charge in [0, 0.05) is 10.7 Å². The summed E-state index contributed by atoms with van der Waals surface area (Å²) in [4.78, 5) is 44.1. The van der Waals surface area contributed by atoms with Gasteiger partial charge in [0.25, 0.3) is 5.56 Å². The highest BCUT2D eigenvalue weighted by Crippen LogP contribution is 2.30. The number of benzene rings is 1. The Labute approximate surface area is 200 Å². The predicted molar refractivity (Wildman–Crippen MR) is 130 cm³/mol. The minimum absolute atomic E-state index is 0.0702. The number of fused-ring (bicyclic) bond motifs is 1. The third kappa shape index (κ3) is 4.68. The van der Waals surface area contributed by atoms with Crippen LogP contribution >= 0.6 is 22.9 Å². The van der Waals surface area contributed by atoms with Gasteiger partial charge in [0.15, 0.2) is 0 Å². The average molecular weight is 488 g/mol. The molecule has 174 valence electrons. The van der Waals surface area contributed by atoms with E-state index in [2.05, 4.69) is 10.3 Å². The van der Waals surface area contributed by atoms with Gasteiger partial charge in [-0.3, -0.25) is 14.2 Å². The van der Waals surface area contributed by atoms with Crippen molar-refractivity contribution in [3.05, 3.63) is 55.9 Å². The Hall–Kier alpha value is -2.71. The Morgan fingerprint density at radius 2 is 1.94 bits per heavy atom. The third-order valence-corrected chi connectivity index (χ3v) is 7.80. The number of halogens is 1. The maximum atomic E-state index is 13.3. The average Bonchev–Trinajstić information content (AvgIpc) is 3.14. The van der Waals surface area contributed by atoms with Crippen molar-refractivity contribution < 1.29 is 14.3 Å². The number of hydrogen-bond acceptors (Lipinski definition) is 6. The van der Waals surface area contributed by atoms with Gasteiger partial charge in [-0.1, -0.05) is 24.1 Å². The van der Waals surface area contributed by atoms with Crippen LogP contribution in [0.4, 0.5) is 5.69 Å². The van der Waals surface area contributed by atoms with E-state index in [4.69, 9.17) is 16.3 Å². The second-order valence-corrected chi connectivity index (χ2v) is 9.84. The summed E-state index contributed by atoms with van der Waals surface area (Å²) in [6.45, 7) is 5.17. The summed E-state index contributed by atoms with van der Waals surface area (Å²) >= 11 is 7.29. The summed E-state index contributed by atoms with van der Waals surface area (Å²) in [7, 11) is 0. The standard InChI is InChI=1S/C24H26ClN3O4S/c1-13-17(25)10-7-11-18(13)27-21(29)15(3)28-12-26-22-19(23(28)30)14(2)20(33-22)24(31)32-16-8-5-4-6-9-16/h7,10-12,15-16H,4-6,8-9H2,1-3H3,(H,27,29). The molecule has 0 aliphatic heterocycles. The second kappa shape index (κ2) is 9.65. The summed E-state index contributed by atoms with van der Waals surface area (Å²) in [5.74, 6) is -0.774. The molecule has 0 spiro atoms. The monoisotopic (exact) mass is 487 g/mol. The predicted octanol–water partition coefficient (Wildman–Crippen LogP) is 5.42. The first-order valence-electron chi connectivity index (χ1n) is 11.0. The zero-order chi connectivity index (χ0) is 23.7. The SMILES string of the molecule is Cc1c(Cl)cccc1NC(=O)C(C)n1cnc2sc(C(=O)OC3CCCCC3)c(C)c2c1=O. The number of ether oxygens (including phenoxy) is 1. The van der Waals surface area contributed by atoms with Crippen LogP contribution in [-0.4, -0.2) is 27.5 Å². The topological polar surface area (TPSA) is 90.3 Å². The Balaban J connectivity index is 1.60. The van der Waals surface area contributed by atoms with E-state index in [1.54, 1.807) is 32.0 Å². The Bertz CT molecular complexity index is 1280. The van der Waals surface area contributed by atoms with Crippen LogP contribution in [0.25, 0.3) is 10.2 Å². The van der Waals surface area contributed by atoms with E-state index < -0.39 is 12.0 Å². The number of aryl methyl sites for hydroxylation is 1. The lowest BCUT2D eigenvalue weighted by molar-refractivity contribution is -0.118. The van der Waals surface area contributed by atoms with Crippen molar-refractivity contribution in [1.82, 2.24) is 9.55 Å². The lowest BCUT2D eigenvalue weighted by Gasteiger charge is -2.21. The molecule has 1 fully saturated rings. The normalized spacial score (nSPS) is 15.4. The summed E-state index contributed by atoms with van der Waals surface area (Å²) in [6.07, 6.45) is 6.32.